The zero-order valence-corrected chi connectivity index (χ0v) is 31.4. The van der Waals surface area contributed by atoms with Crippen molar-refractivity contribution in [2.75, 3.05) is 0 Å². The molecule has 0 aliphatic carbocycles. The first-order chi connectivity index (χ1) is 28.3. The molecule has 0 radical (unpaired) electrons. The maximum absolute atomic E-state index is 6.67. The highest BCUT2D eigenvalue weighted by Gasteiger charge is 2.25. The Labute approximate surface area is 331 Å². The Kier molecular flexibility index (Phi) is 7.06. The molecule has 0 amide bonds. The lowest BCUT2D eigenvalue weighted by Crippen LogP contribution is -2.02. The van der Waals surface area contributed by atoms with Crippen molar-refractivity contribution >= 4 is 75.4 Å². The van der Waals surface area contributed by atoms with E-state index in [0.717, 1.165) is 66.8 Å². The topological polar surface area (TPSA) is 43.9 Å². The van der Waals surface area contributed by atoms with E-state index < -0.39 is 0 Å². The molecule has 4 aromatic heterocycles. The Bertz CT molecular complexity index is 3450. The van der Waals surface area contributed by atoms with Gasteiger partial charge in [0.05, 0.1) is 16.7 Å². The van der Waals surface area contributed by atoms with E-state index in [1.807, 2.05) is 47.7 Å². The van der Waals surface area contributed by atoms with Crippen molar-refractivity contribution in [3.05, 3.63) is 188 Å². The standard InChI is InChI=1S/C52H31N3OS/c1-4-16-32(17-5-1)39-28-35(48-51-49(38-24-11-14-26-45(38)56-51)54-52(53-48)34-20-8-3-9-21-34)29-40(33-18-6-2-7-19-33)50(39)55-43-25-13-10-22-36(43)41-30-42-37-23-12-15-27-46(37)57-47(42)31-44(41)55/h1-31H. The minimum Gasteiger partial charge on any atom is -0.452 e. The van der Waals surface area contributed by atoms with Crippen molar-refractivity contribution in [2.45, 2.75) is 0 Å². The van der Waals surface area contributed by atoms with E-state index in [-0.39, 0.29) is 0 Å². The van der Waals surface area contributed by atoms with Crippen molar-refractivity contribution in [3.8, 4) is 50.6 Å². The number of benzene rings is 8. The smallest absolute Gasteiger partial charge is 0.180 e. The predicted molar refractivity (Wildman–Crippen MR) is 238 cm³/mol. The third-order valence-corrected chi connectivity index (χ3v) is 12.3. The molecule has 4 heterocycles. The summed E-state index contributed by atoms with van der Waals surface area (Å²) in [5.41, 5.74) is 12.8. The van der Waals surface area contributed by atoms with Crippen LogP contribution in [-0.2, 0) is 0 Å². The molecule has 0 bridgehead atoms. The van der Waals surface area contributed by atoms with Crippen molar-refractivity contribution < 1.29 is 4.42 Å². The van der Waals surface area contributed by atoms with Crippen LogP contribution >= 0.6 is 11.3 Å². The fraction of sp³-hybridized carbons (Fsp3) is 0. The van der Waals surface area contributed by atoms with Crippen LogP contribution in [-0.4, -0.2) is 14.5 Å². The minimum atomic E-state index is 0.658. The van der Waals surface area contributed by atoms with Crippen LogP contribution in [0.5, 0.6) is 0 Å². The molecule has 0 aliphatic rings. The second-order valence-electron chi connectivity index (χ2n) is 14.5. The van der Waals surface area contributed by atoms with Gasteiger partial charge in [-0.1, -0.05) is 140 Å². The fourth-order valence-corrected chi connectivity index (χ4v) is 9.74. The van der Waals surface area contributed by atoms with Crippen LogP contribution in [0.2, 0.25) is 0 Å². The molecule has 0 saturated carbocycles. The summed E-state index contributed by atoms with van der Waals surface area (Å²) in [4.78, 5) is 10.5. The quantitative estimate of drug-likeness (QED) is 0.176. The van der Waals surface area contributed by atoms with E-state index in [9.17, 15) is 0 Å². The number of nitrogens with zero attached hydrogens (tertiary/aromatic N) is 3. The van der Waals surface area contributed by atoms with Crippen LogP contribution in [0.25, 0.3) is 115 Å². The molecule has 4 nitrogen and oxygen atoms in total. The molecule has 0 aliphatic heterocycles. The first-order valence-corrected chi connectivity index (χ1v) is 20.0. The average molecular weight is 746 g/mol. The molecule has 0 unspecified atom stereocenters. The molecule has 0 saturated heterocycles. The van der Waals surface area contributed by atoms with Gasteiger partial charge in [-0.2, -0.15) is 0 Å². The summed E-state index contributed by atoms with van der Waals surface area (Å²) in [5, 5.41) is 6.01. The number of rotatable bonds is 5. The lowest BCUT2D eigenvalue weighted by molar-refractivity contribution is 0.667. The summed E-state index contributed by atoms with van der Waals surface area (Å²) >= 11 is 1.86. The Morgan fingerprint density at radius 1 is 0.421 bits per heavy atom. The van der Waals surface area contributed by atoms with Gasteiger partial charge in [0.25, 0.3) is 0 Å². The highest BCUT2D eigenvalue weighted by Crippen LogP contribution is 2.47. The minimum absolute atomic E-state index is 0.658. The molecule has 0 fully saturated rings. The van der Waals surface area contributed by atoms with Gasteiger partial charge < -0.3 is 8.98 Å². The molecule has 5 heteroatoms. The van der Waals surface area contributed by atoms with E-state index in [4.69, 9.17) is 14.4 Å². The number of fused-ring (bicyclic) bond motifs is 9. The summed E-state index contributed by atoms with van der Waals surface area (Å²) in [6.07, 6.45) is 0. The van der Waals surface area contributed by atoms with Gasteiger partial charge in [-0.05, 0) is 59.7 Å². The zero-order valence-electron chi connectivity index (χ0n) is 30.6. The highest BCUT2D eigenvalue weighted by molar-refractivity contribution is 7.25. The molecule has 57 heavy (non-hydrogen) atoms. The van der Waals surface area contributed by atoms with E-state index in [1.165, 1.54) is 36.5 Å². The fourth-order valence-electron chi connectivity index (χ4n) is 8.62. The van der Waals surface area contributed by atoms with Gasteiger partial charge in [-0.15, -0.1) is 11.3 Å². The first-order valence-electron chi connectivity index (χ1n) is 19.2. The van der Waals surface area contributed by atoms with Crippen LogP contribution < -0.4 is 0 Å². The monoisotopic (exact) mass is 745 g/mol. The lowest BCUT2D eigenvalue weighted by Gasteiger charge is -2.21. The van der Waals surface area contributed by atoms with Crippen LogP contribution in [0.4, 0.5) is 0 Å². The van der Waals surface area contributed by atoms with Gasteiger partial charge in [0.1, 0.15) is 16.8 Å². The van der Waals surface area contributed by atoms with Crippen molar-refractivity contribution in [1.29, 1.82) is 0 Å². The van der Waals surface area contributed by atoms with E-state index in [2.05, 4.69) is 156 Å². The van der Waals surface area contributed by atoms with Crippen LogP contribution in [0.1, 0.15) is 0 Å². The molecule has 12 aromatic rings. The molecule has 0 atom stereocenters. The second kappa shape index (κ2) is 12.6. The number of hydrogen-bond donors (Lipinski definition) is 0. The molecule has 0 spiro atoms. The third kappa shape index (κ3) is 4.99. The Balaban J connectivity index is 1.24. The second-order valence-corrected chi connectivity index (χ2v) is 15.6. The van der Waals surface area contributed by atoms with E-state index >= 15 is 0 Å². The Hall–Kier alpha value is -7.34. The van der Waals surface area contributed by atoms with Crippen LogP contribution in [0.3, 0.4) is 0 Å². The Morgan fingerprint density at radius 3 is 1.74 bits per heavy atom. The lowest BCUT2D eigenvalue weighted by atomic mass is 9.91. The summed E-state index contributed by atoms with van der Waals surface area (Å²) in [7, 11) is 0. The third-order valence-electron chi connectivity index (χ3n) is 11.2. The van der Waals surface area contributed by atoms with Crippen LogP contribution in [0, 0.1) is 0 Å². The Morgan fingerprint density at radius 2 is 1.02 bits per heavy atom. The predicted octanol–water partition coefficient (Wildman–Crippen LogP) is 14.5. The molecule has 8 aromatic carbocycles. The van der Waals surface area contributed by atoms with Crippen molar-refractivity contribution in [3.63, 3.8) is 0 Å². The molecular formula is C52H31N3OS. The van der Waals surface area contributed by atoms with Gasteiger partial charge >= 0.3 is 0 Å². The zero-order chi connectivity index (χ0) is 37.5. The van der Waals surface area contributed by atoms with E-state index in [0.29, 0.717) is 11.4 Å². The van der Waals surface area contributed by atoms with Gasteiger partial charge in [-0.25, -0.2) is 9.97 Å². The van der Waals surface area contributed by atoms with Gasteiger partial charge in [-0.3, -0.25) is 0 Å². The summed E-state index contributed by atoms with van der Waals surface area (Å²) < 4.78 is 11.7. The van der Waals surface area contributed by atoms with Crippen LogP contribution in [0.15, 0.2) is 192 Å². The summed E-state index contributed by atoms with van der Waals surface area (Å²) in [6, 6.07) is 66.8. The number of aromatic nitrogens is 3. The first kappa shape index (κ1) is 32.0. The SMILES string of the molecule is c1ccc(-c2nc(-c3cc(-c4ccccc4)c(-n4c5ccccc5c5cc6c(cc54)sc4ccccc46)c(-c4ccccc4)c3)c3oc4ccccc4c3n2)cc1. The number of para-hydroxylation sites is 2. The maximum atomic E-state index is 6.67. The van der Waals surface area contributed by atoms with Crippen molar-refractivity contribution in [2.24, 2.45) is 0 Å². The van der Waals surface area contributed by atoms with Gasteiger partial charge in [0.2, 0.25) is 0 Å². The van der Waals surface area contributed by atoms with Crippen molar-refractivity contribution in [1.82, 2.24) is 14.5 Å². The van der Waals surface area contributed by atoms with Gasteiger partial charge in [0, 0.05) is 58.6 Å². The van der Waals surface area contributed by atoms with E-state index in [1.54, 1.807) is 0 Å². The molecule has 266 valence electrons. The average Bonchev–Trinajstić information content (AvgIpc) is 3.95. The maximum Gasteiger partial charge on any atom is 0.180 e. The molecule has 0 N–H and O–H groups in total. The number of thiophene rings is 1. The molecule has 12 rings (SSSR count). The van der Waals surface area contributed by atoms with Gasteiger partial charge in [0.15, 0.2) is 11.4 Å². The summed E-state index contributed by atoms with van der Waals surface area (Å²) in [5.74, 6) is 0.658. The number of hydrogen-bond acceptors (Lipinski definition) is 4. The molecular weight excluding hydrogens is 715 g/mol. The normalized spacial score (nSPS) is 11.9. The summed E-state index contributed by atoms with van der Waals surface area (Å²) in [6.45, 7) is 0. The largest absolute Gasteiger partial charge is 0.452 e. The number of furan rings is 1. The highest BCUT2D eigenvalue weighted by atomic mass is 32.1.